The molecule has 0 spiro atoms. The molecule has 4 atom stereocenters. The van der Waals surface area contributed by atoms with Gasteiger partial charge in [0.2, 0.25) is 0 Å². The second-order valence-electron chi connectivity index (χ2n) is 8.99. The topological polar surface area (TPSA) is 9.23 Å². The Morgan fingerprint density at radius 3 is 2.68 bits per heavy atom. The highest BCUT2D eigenvalue weighted by atomic mass is 19.1. The maximum Gasteiger partial charge on any atom is 0.165 e. The van der Waals surface area contributed by atoms with Gasteiger partial charge in [0.05, 0.1) is 0 Å². The van der Waals surface area contributed by atoms with Gasteiger partial charge in [-0.2, -0.15) is 0 Å². The fourth-order valence-electron chi connectivity index (χ4n) is 5.74. The first-order chi connectivity index (χ1) is 13.7. The summed E-state index contributed by atoms with van der Waals surface area (Å²) >= 11 is 0. The zero-order valence-corrected chi connectivity index (χ0v) is 17.1. The van der Waals surface area contributed by atoms with E-state index in [4.69, 9.17) is 4.74 Å². The van der Waals surface area contributed by atoms with Crippen molar-refractivity contribution < 1.29 is 9.13 Å². The van der Waals surface area contributed by atoms with Crippen molar-refractivity contribution in [3.8, 4) is 5.75 Å². The van der Waals surface area contributed by atoms with E-state index in [0.29, 0.717) is 18.3 Å². The number of ether oxygens (including phenoxy) is 1. The van der Waals surface area contributed by atoms with Crippen molar-refractivity contribution in [1.82, 2.24) is 0 Å². The molecule has 1 nitrogen and oxygen atoms in total. The summed E-state index contributed by atoms with van der Waals surface area (Å²) in [6.07, 6.45) is 12.7. The van der Waals surface area contributed by atoms with Gasteiger partial charge in [-0.15, -0.1) is 0 Å². The average molecular weight is 381 g/mol. The minimum atomic E-state index is -0.288. The lowest BCUT2D eigenvalue weighted by atomic mass is 9.63. The Labute approximate surface area is 169 Å². The first-order valence-corrected chi connectivity index (χ1v) is 11.1. The molecule has 0 N–H and O–H groups in total. The predicted molar refractivity (Wildman–Crippen MR) is 115 cm³/mol. The van der Waals surface area contributed by atoms with Crippen molar-refractivity contribution in [2.45, 2.75) is 64.2 Å². The van der Waals surface area contributed by atoms with Gasteiger partial charge < -0.3 is 4.74 Å². The molecule has 4 unspecified atom stereocenters. The monoisotopic (exact) mass is 380 g/mol. The number of fused-ring (bicyclic) bond motifs is 2. The third kappa shape index (κ3) is 4.11. The molecule has 0 heterocycles. The second-order valence-corrected chi connectivity index (χ2v) is 8.99. The van der Waals surface area contributed by atoms with Crippen LogP contribution < -0.4 is 4.74 Å². The largest absolute Gasteiger partial charge is 0.486 e. The van der Waals surface area contributed by atoms with E-state index in [9.17, 15) is 4.39 Å². The Bertz CT molecular complexity index is 827. The Hall–Kier alpha value is -1.83. The van der Waals surface area contributed by atoms with Crippen molar-refractivity contribution in [2.24, 2.45) is 17.8 Å². The van der Waals surface area contributed by atoms with Gasteiger partial charge in [-0.3, -0.25) is 0 Å². The minimum absolute atomic E-state index is 0.288. The van der Waals surface area contributed by atoms with E-state index < -0.39 is 0 Å². The lowest BCUT2D eigenvalue weighted by molar-refractivity contribution is 0.114. The molecule has 2 aliphatic carbocycles. The minimum Gasteiger partial charge on any atom is -0.486 e. The zero-order valence-electron chi connectivity index (χ0n) is 17.1. The average Bonchev–Trinajstić information content (AvgIpc) is 2.71. The standard InChI is InChI=1S/C26H33FO/c1-3-5-18-6-7-20-14-21(9-8-19(20)13-18)22-10-11-23-17-26(28-12-4-2)25(27)16-24(23)15-22/h4,10-11,15-21H,2-3,5-9,12-14H2,1H3. The SMILES string of the molecule is C=CCOc1cc2ccc(C3CCC4CC(CCC)CCC4C3)cc2cc1F. The molecule has 2 saturated carbocycles. The third-order valence-corrected chi connectivity index (χ3v) is 7.16. The Morgan fingerprint density at radius 2 is 1.86 bits per heavy atom. The summed E-state index contributed by atoms with van der Waals surface area (Å²) < 4.78 is 19.8. The fraction of sp³-hybridized carbons (Fsp3) is 0.538. The van der Waals surface area contributed by atoms with E-state index in [-0.39, 0.29) is 5.82 Å². The van der Waals surface area contributed by atoms with Gasteiger partial charge in [0, 0.05) is 0 Å². The van der Waals surface area contributed by atoms with Crippen molar-refractivity contribution in [2.75, 3.05) is 6.61 Å². The molecule has 2 aromatic carbocycles. The van der Waals surface area contributed by atoms with E-state index in [1.807, 2.05) is 6.07 Å². The van der Waals surface area contributed by atoms with Crippen LogP contribution in [-0.2, 0) is 0 Å². The van der Waals surface area contributed by atoms with Crippen LogP contribution in [0.1, 0.15) is 69.8 Å². The molecular formula is C26H33FO. The predicted octanol–water partition coefficient (Wildman–Crippen LogP) is 7.64. The van der Waals surface area contributed by atoms with Crippen LogP contribution in [0.3, 0.4) is 0 Å². The molecule has 2 heteroatoms. The number of hydrogen-bond donors (Lipinski definition) is 0. The first kappa shape index (κ1) is 19.5. The van der Waals surface area contributed by atoms with Crippen molar-refractivity contribution in [1.29, 1.82) is 0 Å². The van der Waals surface area contributed by atoms with Gasteiger partial charge in [-0.1, -0.05) is 57.0 Å². The van der Waals surface area contributed by atoms with Crippen LogP contribution in [0, 0.1) is 23.6 Å². The van der Waals surface area contributed by atoms with E-state index >= 15 is 0 Å². The quantitative estimate of drug-likeness (QED) is 0.468. The summed E-state index contributed by atoms with van der Waals surface area (Å²) in [5.41, 5.74) is 1.39. The van der Waals surface area contributed by atoms with Gasteiger partial charge in [0.1, 0.15) is 6.61 Å². The molecule has 0 aromatic heterocycles. The summed E-state index contributed by atoms with van der Waals surface area (Å²) in [6, 6.07) is 10.0. The molecule has 4 rings (SSSR count). The highest BCUT2D eigenvalue weighted by Crippen LogP contribution is 2.48. The van der Waals surface area contributed by atoms with Crippen LogP contribution in [-0.4, -0.2) is 6.61 Å². The Morgan fingerprint density at radius 1 is 1.04 bits per heavy atom. The summed E-state index contributed by atoms with van der Waals surface area (Å²) in [6.45, 7) is 6.27. The first-order valence-electron chi connectivity index (χ1n) is 11.1. The fourth-order valence-corrected chi connectivity index (χ4v) is 5.74. The smallest absolute Gasteiger partial charge is 0.165 e. The molecule has 0 radical (unpaired) electrons. The molecule has 2 fully saturated rings. The summed E-state index contributed by atoms with van der Waals surface area (Å²) in [4.78, 5) is 0. The number of rotatable bonds is 6. The van der Waals surface area contributed by atoms with Crippen LogP contribution in [0.25, 0.3) is 10.8 Å². The van der Waals surface area contributed by atoms with Crippen LogP contribution >= 0.6 is 0 Å². The zero-order chi connectivity index (χ0) is 19.5. The van der Waals surface area contributed by atoms with Crippen molar-refractivity contribution >= 4 is 10.8 Å². The number of hydrogen-bond acceptors (Lipinski definition) is 1. The van der Waals surface area contributed by atoms with E-state index in [0.717, 1.165) is 28.5 Å². The normalized spacial score (nSPS) is 27.4. The van der Waals surface area contributed by atoms with Gasteiger partial charge in [-0.25, -0.2) is 4.39 Å². The van der Waals surface area contributed by atoms with Crippen LogP contribution in [0.5, 0.6) is 5.75 Å². The van der Waals surface area contributed by atoms with Gasteiger partial charge in [-0.05, 0) is 84.2 Å². The Balaban J connectivity index is 1.48. The molecule has 0 amide bonds. The molecule has 28 heavy (non-hydrogen) atoms. The van der Waals surface area contributed by atoms with Gasteiger partial charge >= 0.3 is 0 Å². The van der Waals surface area contributed by atoms with Crippen molar-refractivity contribution in [3.05, 3.63) is 54.4 Å². The lowest BCUT2D eigenvalue weighted by Crippen LogP contribution is -2.30. The van der Waals surface area contributed by atoms with E-state index in [1.165, 1.54) is 56.9 Å². The third-order valence-electron chi connectivity index (χ3n) is 7.16. The molecule has 0 saturated heterocycles. The van der Waals surface area contributed by atoms with Crippen LogP contribution in [0.4, 0.5) is 4.39 Å². The highest BCUT2D eigenvalue weighted by Gasteiger charge is 2.35. The summed E-state index contributed by atoms with van der Waals surface area (Å²) in [7, 11) is 0. The Kier molecular flexibility index (Phi) is 6.04. The number of halogens is 1. The molecule has 2 aliphatic rings. The van der Waals surface area contributed by atoms with Crippen molar-refractivity contribution in [3.63, 3.8) is 0 Å². The lowest BCUT2D eigenvalue weighted by Gasteiger charge is -2.42. The summed E-state index contributed by atoms with van der Waals surface area (Å²) in [5.74, 6) is 3.48. The summed E-state index contributed by atoms with van der Waals surface area (Å²) in [5, 5.41) is 2.02. The maximum absolute atomic E-state index is 14.4. The van der Waals surface area contributed by atoms with E-state index in [1.54, 1.807) is 12.1 Å². The van der Waals surface area contributed by atoms with E-state index in [2.05, 4.69) is 31.7 Å². The van der Waals surface area contributed by atoms with Crippen LogP contribution in [0.2, 0.25) is 0 Å². The second kappa shape index (κ2) is 8.68. The molecule has 150 valence electrons. The maximum atomic E-state index is 14.4. The highest BCUT2D eigenvalue weighted by molar-refractivity contribution is 5.84. The van der Waals surface area contributed by atoms with Crippen LogP contribution in [0.15, 0.2) is 43.0 Å². The molecular weight excluding hydrogens is 347 g/mol. The molecule has 0 aliphatic heterocycles. The number of benzene rings is 2. The molecule has 2 aromatic rings. The molecule has 0 bridgehead atoms. The van der Waals surface area contributed by atoms with Gasteiger partial charge in [0.25, 0.3) is 0 Å². The van der Waals surface area contributed by atoms with Gasteiger partial charge in [0.15, 0.2) is 11.6 Å².